The lowest BCUT2D eigenvalue weighted by Gasteiger charge is -2.37. The third-order valence-electron chi connectivity index (χ3n) is 3.07. The minimum atomic E-state index is -0.681. The fourth-order valence-electron chi connectivity index (χ4n) is 2.12. The lowest BCUT2D eigenvalue weighted by atomic mass is 9.90. The second-order valence-electron chi connectivity index (χ2n) is 4.25. The number of nitrogens with zero attached hydrogens (tertiary/aromatic N) is 1. The highest BCUT2D eigenvalue weighted by Crippen LogP contribution is 2.24. The maximum Gasteiger partial charge on any atom is 0.308 e. The van der Waals surface area contributed by atoms with E-state index in [2.05, 4.69) is 4.90 Å². The molecule has 0 radical (unpaired) electrons. The van der Waals surface area contributed by atoms with Crippen LogP contribution in [0.25, 0.3) is 0 Å². The summed E-state index contributed by atoms with van der Waals surface area (Å²) in [5.41, 5.74) is 2.64. The summed E-state index contributed by atoms with van der Waals surface area (Å²) in [4.78, 5) is 13.2. The van der Waals surface area contributed by atoms with E-state index in [1.165, 1.54) is 0 Å². The molecule has 1 N–H and O–H groups in total. The summed E-state index contributed by atoms with van der Waals surface area (Å²) in [6, 6.07) is 0.0998. The number of carboxylic acid groups (broad SMARTS) is 1. The highest BCUT2D eigenvalue weighted by atomic mass is 35.5. The Morgan fingerprint density at radius 1 is 1.67 bits per heavy atom. The number of piperidine rings is 1. The zero-order valence-electron chi connectivity index (χ0n) is 9.24. The standard InChI is InChI=1S/C11H18ClNO2/c1-8(6-12)7-13-5-3-4-10(9(13)2)11(14)15/h6,9-10H,3-5,7H2,1-2H3,(H,14,15)/b8-6+. The summed E-state index contributed by atoms with van der Waals surface area (Å²) in [6.07, 6.45) is 1.74. The van der Waals surface area contributed by atoms with Crippen molar-refractivity contribution in [2.45, 2.75) is 32.7 Å². The molecule has 2 atom stereocenters. The minimum absolute atomic E-state index is 0.0998. The number of carboxylic acids is 1. The Morgan fingerprint density at radius 3 is 2.87 bits per heavy atom. The topological polar surface area (TPSA) is 40.5 Å². The van der Waals surface area contributed by atoms with E-state index in [9.17, 15) is 4.79 Å². The Kier molecular flexibility index (Phi) is 4.61. The molecule has 0 aromatic heterocycles. The molecule has 2 unspecified atom stereocenters. The molecular formula is C11H18ClNO2. The largest absolute Gasteiger partial charge is 0.481 e. The van der Waals surface area contributed by atoms with Gasteiger partial charge in [0.1, 0.15) is 0 Å². The van der Waals surface area contributed by atoms with E-state index in [0.29, 0.717) is 0 Å². The van der Waals surface area contributed by atoms with Crippen LogP contribution in [0.15, 0.2) is 11.1 Å². The monoisotopic (exact) mass is 231 g/mol. The number of halogens is 1. The number of hydrogen-bond acceptors (Lipinski definition) is 2. The van der Waals surface area contributed by atoms with E-state index in [-0.39, 0.29) is 12.0 Å². The Labute approximate surface area is 95.7 Å². The molecule has 0 saturated carbocycles. The highest BCUT2D eigenvalue weighted by molar-refractivity contribution is 6.25. The summed E-state index contributed by atoms with van der Waals surface area (Å²) < 4.78 is 0. The van der Waals surface area contributed by atoms with E-state index in [4.69, 9.17) is 16.7 Å². The first-order valence-electron chi connectivity index (χ1n) is 5.29. The maximum absolute atomic E-state index is 11.0. The van der Waals surface area contributed by atoms with Crippen LogP contribution in [0.3, 0.4) is 0 Å². The quantitative estimate of drug-likeness (QED) is 0.811. The Balaban J connectivity index is 2.62. The van der Waals surface area contributed by atoms with Crippen LogP contribution in [-0.4, -0.2) is 35.1 Å². The average Bonchev–Trinajstić information content (AvgIpc) is 2.20. The highest BCUT2D eigenvalue weighted by Gasteiger charge is 2.32. The molecule has 1 saturated heterocycles. The van der Waals surface area contributed by atoms with E-state index < -0.39 is 5.97 Å². The van der Waals surface area contributed by atoms with Gasteiger partial charge in [-0.3, -0.25) is 9.69 Å². The molecule has 0 spiro atoms. The van der Waals surface area contributed by atoms with Gasteiger partial charge in [-0.05, 0) is 38.8 Å². The molecule has 0 aliphatic carbocycles. The van der Waals surface area contributed by atoms with E-state index >= 15 is 0 Å². The van der Waals surface area contributed by atoms with Crippen LogP contribution in [0.2, 0.25) is 0 Å². The van der Waals surface area contributed by atoms with Crippen LogP contribution in [0.1, 0.15) is 26.7 Å². The van der Waals surface area contributed by atoms with Gasteiger partial charge < -0.3 is 5.11 Å². The predicted molar refractivity (Wildman–Crippen MR) is 61.0 cm³/mol. The first kappa shape index (κ1) is 12.5. The number of likely N-dealkylation sites (tertiary alicyclic amines) is 1. The van der Waals surface area contributed by atoms with Gasteiger partial charge in [-0.15, -0.1) is 0 Å². The van der Waals surface area contributed by atoms with Crippen LogP contribution in [0.5, 0.6) is 0 Å². The SMILES string of the molecule is C/C(=C\Cl)CN1CCCC(C(=O)O)C1C. The molecule has 3 nitrogen and oxygen atoms in total. The molecule has 15 heavy (non-hydrogen) atoms. The van der Waals surface area contributed by atoms with E-state index in [0.717, 1.165) is 31.5 Å². The summed E-state index contributed by atoms with van der Waals surface area (Å²) in [5, 5.41) is 9.05. The molecule has 0 bridgehead atoms. The van der Waals surface area contributed by atoms with E-state index in [1.807, 2.05) is 13.8 Å². The first-order valence-corrected chi connectivity index (χ1v) is 5.72. The van der Waals surface area contributed by atoms with Crippen LogP contribution >= 0.6 is 11.6 Å². The van der Waals surface area contributed by atoms with Crippen molar-refractivity contribution < 1.29 is 9.90 Å². The van der Waals surface area contributed by atoms with Gasteiger partial charge >= 0.3 is 5.97 Å². The molecule has 1 heterocycles. The fourth-order valence-corrected chi connectivity index (χ4v) is 2.19. The van der Waals surface area contributed by atoms with Crippen molar-refractivity contribution in [1.29, 1.82) is 0 Å². The Hall–Kier alpha value is -0.540. The molecule has 0 amide bonds. The van der Waals surface area contributed by atoms with Crippen molar-refractivity contribution in [2.24, 2.45) is 5.92 Å². The second-order valence-corrected chi connectivity index (χ2v) is 4.47. The number of hydrogen-bond donors (Lipinski definition) is 1. The van der Waals surface area contributed by atoms with Gasteiger partial charge in [-0.25, -0.2) is 0 Å². The van der Waals surface area contributed by atoms with Crippen molar-refractivity contribution in [1.82, 2.24) is 4.90 Å². The van der Waals surface area contributed by atoms with Crippen molar-refractivity contribution in [3.8, 4) is 0 Å². The first-order chi connectivity index (χ1) is 7.06. The molecule has 1 fully saturated rings. The van der Waals surface area contributed by atoms with Gasteiger partial charge in [0.2, 0.25) is 0 Å². The second kappa shape index (κ2) is 5.52. The van der Waals surface area contributed by atoms with Gasteiger partial charge in [-0.1, -0.05) is 11.6 Å². The van der Waals surface area contributed by atoms with Gasteiger partial charge in [0, 0.05) is 18.1 Å². The van der Waals surface area contributed by atoms with Crippen molar-refractivity contribution >= 4 is 17.6 Å². The number of aliphatic carboxylic acids is 1. The fraction of sp³-hybridized carbons (Fsp3) is 0.727. The summed E-state index contributed by atoms with van der Waals surface area (Å²) >= 11 is 5.61. The molecule has 1 aliphatic rings. The normalized spacial score (nSPS) is 29.1. The summed E-state index contributed by atoms with van der Waals surface area (Å²) in [6.45, 7) is 5.69. The lowest BCUT2D eigenvalue weighted by Crippen LogP contribution is -2.46. The van der Waals surface area contributed by atoms with Crippen LogP contribution < -0.4 is 0 Å². The summed E-state index contributed by atoms with van der Waals surface area (Å²) in [5.74, 6) is -0.915. The van der Waals surface area contributed by atoms with E-state index in [1.54, 1.807) is 5.54 Å². The number of rotatable bonds is 3. The van der Waals surface area contributed by atoms with Gasteiger partial charge in [0.05, 0.1) is 5.92 Å². The molecule has 1 aliphatic heterocycles. The van der Waals surface area contributed by atoms with Crippen molar-refractivity contribution in [2.75, 3.05) is 13.1 Å². The predicted octanol–water partition coefficient (Wildman–Crippen LogP) is 2.31. The van der Waals surface area contributed by atoms with Crippen molar-refractivity contribution in [3.63, 3.8) is 0 Å². The lowest BCUT2D eigenvalue weighted by molar-refractivity contribution is -0.145. The maximum atomic E-state index is 11.0. The Bertz CT molecular complexity index is 265. The molecule has 0 aromatic rings. The molecule has 1 rings (SSSR count). The Morgan fingerprint density at radius 2 is 2.33 bits per heavy atom. The zero-order chi connectivity index (χ0) is 11.4. The smallest absolute Gasteiger partial charge is 0.308 e. The summed E-state index contributed by atoms with van der Waals surface area (Å²) in [7, 11) is 0. The van der Waals surface area contributed by atoms with Gasteiger partial charge in [0.15, 0.2) is 0 Å². The molecule has 86 valence electrons. The van der Waals surface area contributed by atoms with Crippen LogP contribution in [0, 0.1) is 5.92 Å². The third-order valence-corrected chi connectivity index (χ3v) is 3.45. The van der Waals surface area contributed by atoms with Crippen LogP contribution in [0.4, 0.5) is 0 Å². The van der Waals surface area contributed by atoms with Crippen molar-refractivity contribution in [3.05, 3.63) is 11.1 Å². The molecule has 4 heteroatoms. The molecular weight excluding hydrogens is 214 g/mol. The molecule has 0 aromatic carbocycles. The number of carbonyl (C=O) groups is 1. The average molecular weight is 232 g/mol. The van der Waals surface area contributed by atoms with Gasteiger partial charge in [-0.2, -0.15) is 0 Å². The van der Waals surface area contributed by atoms with Crippen LogP contribution in [-0.2, 0) is 4.79 Å². The minimum Gasteiger partial charge on any atom is -0.481 e. The third kappa shape index (κ3) is 3.21. The van der Waals surface area contributed by atoms with Gasteiger partial charge in [0.25, 0.3) is 0 Å². The zero-order valence-corrected chi connectivity index (χ0v) is 10.00.